The molecule has 0 aromatic carbocycles. The summed E-state index contributed by atoms with van der Waals surface area (Å²) >= 11 is 0. The highest BCUT2D eigenvalue weighted by Crippen LogP contribution is 2.12. The molecule has 0 amide bonds. The number of unbranched alkanes of at least 4 members (excludes halogenated alkanes) is 21. The minimum Gasteiger partial charge on any atom is -0.462 e. The first-order valence-corrected chi connectivity index (χ1v) is 23.3. The maximum atomic E-state index is 12.7. The van der Waals surface area contributed by atoms with E-state index in [0.29, 0.717) is 19.3 Å². The lowest BCUT2D eigenvalue weighted by molar-refractivity contribution is -0.167. The van der Waals surface area contributed by atoms with Crippen LogP contribution in [-0.4, -0.2) is 37.2 Å². The highest BCUT2D eigenvalue weighted by molar-refractivity contribution is 5.71. The highest BCUT2D eigenvalue weighted by Gasteiger charge is 2.19. The van der Waals surface area contributed by atoms with Gasteiger partial charge in [-0.1, -0.05) is 165 Å². The molecule has 0 aromatic heterocycles. The second-order valence-corrected chi connectivity index (χ2v) is 15.3. The fourth-order valence-corrected chi connectivity index (χ4v) is 6.23. The first-order valence-electron chi connectivity index (χ1n) is 23.3. The predicted molar refractivity (Wildman–Crippen MR) is 238 cm³/mol. The molecule has 0 bridgehead atoms. The minimum absolute atomic E-state index is 0.105. The summed E-state index contributed by atoms with van der Waals surface area (Å²) in [5, 5.41) is 0. The molecule has 0 aliphatic carbocycles. The molecule has 1 atom stereocenters. The van der Waals surface area contributed by atoms with Gasteiger partial charge < -0.3 is 14.2 Å². The average molecular weight is 783 g/mol. The SMILES string of the molecule is CC/C=C\C/C=C\CCCCC(=O)OCC(COC(=O)CCCCC/C=C\C=C/CCCCCCCCC)OC(=O)CCCCC/C=C\CCCCCCCC. The molecule has 6 heteroatoms. The predicted octanol–water partition coefficient (Wildman–Crippen LogP) is 14.9. The molecular formula is C50H86O6. The zero-order valence-electron chi connectivity index (χ0n) is 36.6. The van der Waals surface area contributed by atoms with E-state index in [2.05, 4.69) is 81.5 Å². The van der Waals surface area contributed by atoms with Gasteiger partial charge >= 0.3 is 17.9 Å². The Labute approximate surface area is 345 Å². The van der Waals surface area contributed by atoms with Gasteiger partial charge in [0.1, 0.15) is 13.2 Å². The van der Waals surface area contributed by atoms with Crippen LogP contribution in [0.1, 0.15) is 220 Å². The Morgan fingerprint density at radius 3 is 1.23 bits per heavy atom. The lowest BCUT2D eigenvalue weighted by Gasteiger charge is -2.18. The van der Waals surface area contributed by atoms with E-state index in [1.807, 2.05) is 0 Å². The molecule has 6 nitrogen and oxygen atoms in total. The molecule has 0 rings (SSSR count). The second kappa shape index (κ2) is 44.8. The van der Waals surface area contributed by atoms with Gasteiger partial charge in [-0.15, -0.1) is 0 Å². The van der Waals surface area contributed by atoms with Crippen molar-refractivity contribution in [2.75, 3.05) is 13.2 Å². The van der Waals surface area contributed by atoms with Crippen molar-refractivity contribution < 1.29 is 28.6 Å². The Kier molecular flexibility index (Phi) is 42.5. The zero-order chi connectivity index (χ0) is 40.8. The van der Waals surface area contributed by atoms with E-state index >= 15 is 0 Å². The standard InChI is InChI=1S/C50H86O6/c1-4-7-10-13-16-19-21-23-24-25-27-28-31-34-37-40-43-49(52)55-46-47(45-54-48(51)42-39-36-33-30-18-15-12-9-6-3)56-50(53)44-41-38-35-32-29-26-22-20-17-14-11-8-5-2/h9,12,18,24-30,47H,4-8,10-11,13-17,19-23,31-46H2,1-3H3/b12-9-,25-24-,28-27-,29-26-,30-18-. The maximum Gasteiger partial charge on any atom is 0.306 e. The van der Waals surface area contributed by atoms with Crippen molar-refractivity contribution in [2.24, 2.45) is 0 Å². The van der Waals surface area contributed by atoms with Crippen LogP contribution in [0.4, 0.5) is 0 Å². The molecule has 0 aromatic rings. The van der Waals surface area contributed by atoms with Gasteiger partial charge in [-0.25, -0.2) is 0 Å². The molecule has 0 aliphatic rings. The molecule has 56 heavy (non-hydrogen) atoms. The van der Waals surface area contributed by atoms with Gasteiger partial charge in [-0.2, -0.15) is 0 Å². The van der Waals surface area contributed by atoms with Crippen LogP contribution in [0.25, 0.3) is 0 Å². The van der Waals surface area contributed by atoms with Crippen molar-refractivity contribution in [3.63, 3.8) is 0 Å². The lowest BCUT2D eigenvalue weighted by atomic mass is 10.1. The molecular weight excluding hydrogens is 697 g/mol. The quantitative estimate of drug-likeness (QED) is 0.0202. The van der Waals surface area contributed by atoms with E-state index in [4.69, 9.17) is 14.2 Å². The van der Waals surface area contributed by atoms with Crippen LogP contribution in [0.5, 0.6) is 0 Å². The van der Waals surface area contributed by atoms with E-state index in [9.17, 15) is 14.4 Å². The van der Waals surface area contributed by atoms with Gasteiger partial charge in [0.25, 0.3) is 0 Å². The van der Waals surface area contributed by atoms with E-state index in [-0.39, 0.29) is 31.1 Å². The molecule has 0 spiro atoms. The van der Waals surface area contributed by atoms with Crippen molar-refractivity contribution in [3.8, 4) is 0 Å². The van der Waals surface area contributed by atoms with Crippen LogP contribution in [0.2, 0.25) is 0 Å². The van der Waals surface area contributed by atoms with Crippen molar-refractivity contribution >= 4 is 17.9 Å². The van der Waals surface area contributed by atoms with Crippen molar-refractivity contribution in [1.82, 2.24) is 0 Å². The van der Waals surface area contributed by atoms with Crippen LogP contribution in [-0.2, 0) is 28.6 Å². The Morgan fingerprint density at radius 2 is 0.750 bits per heavy atom. The first kappa shape index (κ1) is 53.1. The Balaban J connectivity index is 4.44. The number of allylic oxidation sites excluding steroid dienone is 10. The van der Waals surface area contributed by atoms with Crippen LogP contribution in [0.15, 0.2) is 60.8 Å². The zero-order valence-corrected chi connectivity index (χ0v) is 36.6. The Bertz CT molecular complexity index is 1040. The molecule has 0 saturated carbocycles. The van der Waals surface area contributed by atoms with Gasteiger partial charge in [0.2, 0.25) is 0 Å². The number of esters is 3. The number of carbonyl (C=O) groups excluding carboxylic acids is 3. The average Bonchev–Trinajstić information content (AvgIpc) is 3.19. The molecule has 0 saturated heterocycles. The van der Waals surface area contributed by atoms with Crippen molar-refractivity contribution in [3.05, 3.63) is 60.8 Å². The molecule has 0 aliphatic heterocycles. The number of carbonyl (C=O) groups is 3. The number of hydrogen-bond donors (Lipinski definition) is 0. The summed E-state index contributed by atoms with van der Waals surface area (Å²) in [6.45, 7) is 6.42. The molecule has 1 unspecified atom stereocenters. The third kappa shape index (κ3) is 42.3. The van der Waals surface area contributed by atoms with Crippen LogP contribution in [0.3, 0.4) is 0 Å². The number of ether oxygens (including phenoxy) is 3. The Morgan fingerprint density at radius 1 is 0.393 bits per heavy atom. The molecule has 0 radical (unpaired) electrons. The summed E-state index contributed by atoms with van der Waals surface area (Å²) in [6, 6.07) is 0. The number of hydrogen-bond acceptors (Lipinski definition) is 6. The van der Waals surface area contributed by atoms with Crippen molar-refractivity contribution in [1.29, 1.82) is 0 Å². The third-order valence-electron chi connectivity index (χ3n) is 9.75. The molecule has 0 heterocycles. The van der Waals surface area contributed by atoms with E-state index < -0.39 is 6.10 Å². The third-order valence-corrected chi connectivity index (χ3v) is 9.75. The van der Waals surface area contributed by atoms with Crippen molar-refractivity contribution in [2.45, 2.75) is 226 Å². The molecule has 322 valence electrons. The van der Waals surface area contributed by atoms with Gasteiger partial charge in [0.15, 0.2) is 6.10 Å². The van der Waals surface area contributed by atoms with Gasteiger partial charge in [-0.3, -0.25) is 14.4 Å². The van der Waals surface area contributed by atoms with Gasteiger partial charge in [0.05, 0.1) is 0 Å². The first-order chi connectivity index (χ1) is 27.5. The fourth-order valence-electron chi connectivity index (χ4n) is 6.23. The number of rotatable bonds is 41. The summed E-state index contributed by atoms with van der Waals surface area (Å²) in [5.74, 6) is -0.986. The lowest BCUT2D eigenvalue weighted by Crippen LogP contribution is -2.30. The van der Waals surface area contributed by atoms with E-state index in [1.54, 1.807) is 0 Å². The van der Waals surface area contributed by atoms with Crippen LogP contribution < -0.4 is 0 Å². The molecule has 0 fully saturated rings. The second-order valence-electron chi connectivity index (χ2n) is 15.3. The summed E-state index contributed by atoms with van der Waals surface area (Å²) < 4.78 is 16.6. The fraction of sp³-hybridized carbons (Fsp3) is 0.740. The normalized spacial score (nSPS) is 12.6. The van der Waals surface area contributed by atoms with Crippen LogP contribution >= 0.6 is 0 Å². The maximum absolute atomic E-state index is 12.7. The minimum atomic E-state index is -0.802. The summed E-state index contributed by atoms with van der Waals surface area (Å²) in [5.41, 5.74) is 0. The van der Waals surface area contributed by atoms with Gasteiger partial charge in [-0.05, 0) is 96.3 Å². The summed E-state index contributed by atoms with van der Waals surface area (Å²) in [6.07, 6.45) is 53.6. The highest BCUT2D eigenvalue weighted by atomic mass is 16.6. The topological polar surface area (TPSA) is 78.9 Å². The molecule has 0 N–H and O–H groups in total. The summed E-state index contributed by atoms with van der Waals surface area (Å²) in [4.78, 5) is 37.7. The van der Waals surface area contributed by atoms with Gasteiger partial charge in [0, 0.05) is 19.3 Å². The summed E-state index contributed by atoms with van der Waals surface area (Å²) in [7, 11) is 0. The largest absolute Gasteiger partial charge is 0.462 e. The monoisotopic (exact) mass is 783 g/mol. The van der Waals surface area contributed by atoms with E-state index in [1.165, 1.54) is 83.5 Å². The van der Waals surface area contributed by atoms with Crippen LogP contribution in [0, 0.1) is 0 Å². The van der Waals surface area contributed by atoms with E-state index in [0.717, 1.165) is 96.3 Å². The smallest absolute Gasteiger partial charge is 0.306 e. The Hall–Kier alpha value is -2.89.